The SMILES string of the molecule is COc1ccc(Br)cc1S(=O)(=O)NCCOCC(=O)O. The number of halogens is 1. The third-order valence-electron chi connectivity index (χ3n) is 2.18. The summed E-state index contributed by atoms with van der Waals surface area (Å²) in [4.78, 5) is 10.2. The Balaban J connectivity index is 2.69. The topological polar surface area (TPSA) is 102 Å². The molecule has 0 heterocycles. The number of hydrogen-bond acceptors (Lipinski definition) is 5. The molecule has 1 aromatic carbocycles. The van der Waals surface area contributed by atoms with Gasteiger partial charge in [0.2, 0.25) is 10.0 Å². The van der Waals surface area contributed by atoms with Gasteiger partial charge >= 0.3 is 5.97 Å². The maximum Gasteiger partial charge on any atom is 0.329 e. The average molecular weight is 368 g/mol. The number of carbonyl (C=O) groups is 1. The summed E-state index contributed by atoms with van der Waals surface area (Å²) in [7, 11) is -2.39. The van der Waals surface area contributed by atoms with Crippen LogP contribution in [0.4, 0.5) is 0 Å². The predicted octanol–water partition coefficient (Wildman–Crippen LogP) is 0.837. The van der Waals surface area contributed by atoms with Crippen LogP contribution < -0.4 is 9.46 Å². The molecule has 2 N–H and O–H groups in total. The van der Waals surface area contributed by atoms with Crippen molar-refractivity contribution in [2.75, 3.05) is 26.9 Å². The maximum atomic E-state index is 12.1. The lowest BCUT2D eigenvalue weighted by molar-refractivity contribution is -0.142. The van der Waals surface area contributed by atoms with Crippen molar-refractivity contribution in [3.05, 3.63) is 22.7 Å². The van der Waals surface area contributed by atoms with Gasteiger partial charge in [0.25, 0.3) is 0 Å². The number of benzene rings is 1. The van der Waals surface area contributed by atoms with E-state index in [9.17, 15) is 13.2 Å². The molecule has 0 atom stereocenters. The minimum absolute atomic E-state index is 0.00684. The molecule has 1 aromatic rings. The average Bonchev–Trinajstić information content (AvgIpc) is 2.37. The Bertz CT molecular complexity index is 574. The lowest BCUT2D eigenvalue weighted by Gasteiger charge is -2.11. The summed E-state index contributed by atoms with van der Waals surface area (Å²) in [6.45, 7) is -0.547. The van der Waals surface area contributed by atoms with Gasteiger partial charge in [0.1, 0.15) is 17.3 Å². The van der Waals surface area contributed by atoms with E-state index in [0.29, 0.717) is 4.47 Å². The number of sulfonamides is 1. The van der Waals surface area contributed by atoms with E-state index in [0.717, 1.165) is 0 Å². The fraction of sp³-hybridized carbons (Fsp3) is 0.364. The number of aliphatic carboxylic acids is 1. The summed E-state index contributed by atoms with van der Waals surface area (Å²) < 4.78 is 36.8. The highest BCUT2D eigenvalue weighted by atomic mass is 79.9. The molecule has 112 valence electrons. The summed E-state index contributed by atoms with van der Waals surface area (Å²) in [5, 5.41) is 8.36. The molecule has 0 saturated heterocycles. The first-order valence-corrected chi connectivity index (χ1v) is 7.77. The largest absolute Gasteiger partial charge is 0.495 e. The van der Waals surface area contributed by atoms with E-state index in [1.54, 1.807) is 6.07 Å². The molecule has 0 bridgehead atoms. The van der Waals surface area contributed by atoms with Crippen molar-refractivity contribution in [1.82, 2.24) is 4.72 Å². The van der Waals surface area contributed by atoms with Crippen LogP contribution in [0.3, 0.4) is 0 Å². The second-order valence-corrected chi connectivity index (χ2v) is 6.29. The van der Waals surface area contributed by atoms with Crippen LogP contribution in [0, 0.1) is 0 Å². The molecule has 1 rings (SSSR count). The van der Waals surface area contributed by atoms with E-state index in [1.165, 1.54) is 19.2 Å². The van der Waals surface area contributed by atoms with Gasteiger partial charge in [-0.3, -0.25) is 0 Å². The quantitative estimate of drug-likeness (QED) is 0.660. The molecule has 20 heavy (non-hydrogen) atoms. The first kappa shape index (κ1) is 16.9. The smallest absolute Gasteiger partial charge is 0.329 e. The number of ether oxygens (including phenoxy) is 2. The Morgan fingerprint density at radius 1 is 1.45 bits per heavy atom. The molecule has 0 radical (unpaired) electrons. The van der Waals surface area contributed by atoms with Gasteiger partial charge in [-0.1, -0.05) is 15.9 Å². The van der Waals surface area contributed by atoms with Crippen LogP contribution in [-0.4, -0.2) is 46.4 Å². The molecule has 0 aliphatic carbocycles. The van der Waals surface area contributed by atoms with Crippen molar-refractivity contribution >= 4 is 31.9 Å². The van der Waals surface area contributed by atoms with E-state index >= 15 is 0 Å². The zero-order valence-electron chi connectivity index (χ0n) is 10.6. The summed E-state index contributed by atoms with van der Waals surface area (Å²) in [6, 6.07) is 4.60. The normalized spacial score (nSPS) is 11.3. The molecule has 7 nitrogen and oxygen atoms in total. The molecule has 0 saturated carbocycles. The number of carboxylic acid groups (broad SMARTS) is 1. The van der Waals surface area contributed by atoms with Gasteiger partial charge in [-0.25, -0.2) is 17.9 Å². The number of hydrogen-bond donors (Lipinski definition) is 2. The van der Waals surface area contributed by atoms with Gasteiger partial charge in [0, 0.05) is 11.0 Å². The van der Waals surface area contributed by atoms with Gasteiger partial charge in [0.15, 0.2) is 0 Å². The van der Waals surface area contributed by atoms with Gasteiger partial charge in [-0.2, -0.15) is 0 Å². The molecule has 0 aromatic heterocycles. The van der Waals surface area contributed by atoms with E-state index in [4.69, 9.17) is 14.6 Å². The van der Waals surface area contributed by atoms with Crippen LogP contribution in [0.1, 0.15) is 0 Å². The van der Waals surface area contributed by atoms with Gasteiger partial charge < -0.3 is 14.6 Å². The van der Waals surface area contributed by atoms with Gasteiger partial charge in [0.05, 0.1) is 13.7 Å². The summed E-state index contributed by atoms with van der Waals surface area (Å²) >= 11 is 3.19. The van der Waals surface area contributed by atoms with Crippen LogP contribution in [0.25, 0.3) is 0 Å². The molecule has 0 unspecified atom stereocenters. The zero-order chi connectivity index (χ0) is 15.2. The monoisotopic (exact) mass is 367 g/mol. The fourth-order valence-electron chi connectivity index (χ4n) is 1.35. The van der Waals surface area contributed by atoms with Crippen molar-refractivity contribution in [3.8, 4) is 5.75 Å². The lowest BCUT2D eigenvalue weighted by Crippen LogP contribution is -2.28. The number of carboxylic acids is 1. The molecule has 0 fully saturated rings. The Morgan fingerprint density at radius 2 is 2.15 bits per heavy atom. The van der Waals surface area contributed by atoms with Crippen molar-refractivity contribution in [1.29, 1.82) is 0 Å². The third-order valence-corrected chi connectivity index (χ3v) is 4.15. The zero-order valence-corrected chi connectivity index (χ0v) is 13.0. The molecule has 0 amide bonds. The van der Waals surface area contributed by atoms with Crippen molar-refractivity contribution in [2.24, 2.45) is 0 Å². The predicted molar refractivity (Wildman–Crippen MR) is 74.3 cm³/mol. The fourth-order valence-corrected chi connectivity index (χ4v) is 3.06. The van der Waals surface area contributed by atoms with Crippen LogP contribution in [0.5, 0.6) is 5.75 Å². The second-order valence-electron chi connectivity index (χ2n) is 3.64. The Morgan fingerprint density at radius 3 is 2.75 bits per heavy atom. The van der Waals surface area contributed by atoms with E-state index in [2.05, 4.69) is 20.7 Å². The van der Waals surface area contributed by atoms with Crippen LogP contribution in [0.15, 0.2) is 27.6 Å². The summed E-state index contributed by atoms with van der Waals surface area (Å²) in [5.41, 5.74) is 0. The molecule has 0 aliphatic rings. The highest BCUT2D eigenvalue weighted by Gasteiger charge is 2.19. The lowest BCUT2D eigenvalue weighted by atomic mass is 10.3. The van der Waals surface area contributed by atoms with Crippen molar-refractivity contribution in [3.63, 3.8) is 0 Å². The standard InChI is InChI=1S/C11H14BrNO6S/c1-18-9-3-2-8(12)6-10(9)20(16,17)13-4-5-19-7-11(14)15/h2-3,6,13H,4-5,7H2,1H3,(H,14,15). The number of methoxy groups -OCH3 is 1. The second kappa shape index (κ2) is 7.58. The molecular formula is C11H14BrNO6S. The van der Waals surface area contributed by atoms with Crippen LogP contribution >= 0.6 is 15.9 Å². The number of rotatable bonds is 8. The highest BCUT2D eigenvalue weighted by molar-refractivity contribution is 9.10. The van der Waals surface area contributed by atoms with Gasteiger partial charge in [-0.05, 0) is 18.2 Å². The Labute approximate surface area is 125 Å². The first-order valence-electron chi connectivity index (χ1n) is 5.49. The van der Waals surface area contributed by atoms with Crippen molar-refractivity contribution < 1.29 is 27.8 Å². The summed E-state index contributed by atoms with van der Waals surface area (Å²) in [5.74, 6) is -0.895. The van der Waals surface area contributed by atoms with Crippen molar-refractivity contribution in [2.45, 2.75) is 4.90 Å². The maximum absolute atomic E-state index is 12.1. The number of nitrogens with one attached hydrogen (secondary N) is 1. The van der Waals surface area contributed by atoms with Gasteiger partial charge in [-0.15, -0.1) is 0 Å². The minimum Gasteiger partial charge on any atom is -0.495 e. The minimum atomic E-state index is -3.76. The first-order chi connectivity index (χ1) is 9.36. The third kappa shape index (κ3) is 5.08. The molecule has 0 spiro atoms. The van der Waals surface area contributed by atoms with E-state index < -0.39 is 22.6 Å². The van der Waals surface area contributed by atoms with E-state index in [1.807, 2.05) is 0 Å². The Kier molecular flexibility index (Phi) is 6.40. The summed E-state index contributed by atoms with van der Waals surface area (Å²) in [6.07, 6.45) is 0. The van der Waals surface area contributed by atoms with Crippen LogP contribution in [0.2, 0.25) is 0 Å². The Hall–Kier alpha value is -1.16. The van der Waals surface area contributed by atoms with Crippen LogP contribution in [-0.2, 0) is 19.6 Å². The molecule has 0 aliphatic heterocycles. The highest BCUT2D eigenvalue weighted by Crippen LogP contribution is 2.26. The molecule has 9 heteroatoms. The van der Waals surface area contributed by atoms with E-state index in [-0.39, 0.29) is 23.8 Å². The molecular weight excluding hydrogens is 354 g/mol.